The largest absolute Gasteiger partial charge is 2.00 e. The summed E-state index contributed by atoms with van der Waals surface area (Å²) in [6.45, 7) is 9.22. The molecule has 0 bridgehead atoms. The fourth-order valence-electron chi connectivity index (χ4n) is 2.95. The minimum Gasteiger partial charge on any atom is -0.507 e. The van der Waals surface area contributed by atoms with Crippen LogP contribution in [0.2, 0.25) is 26.2 Å². The number of aromatic hydroxyl groups is 2. The van der Waals surface area contributed by atoms with Gasteiger partial charge < -0.3 is 10.2 Å². The molecule has 0 radical (unpaired) electrons. The molecule has 166 valence electrons. The van der Waals surface area contributed by atoms with Crippen molar-refractivity contribution in [3.63, 3.8) is 0 Å². The molecule has 0 aliphatic rings. The molecular weight excluding hydrogens is 490 g/mol. The Hall–Kier alpha value is -2.46. The molecule has 33 heavy (non-hydrogen) atoms. The molecule has 0 fully saturated rings. The van der Waals surface area contributed by atoms with E-state index in [0.717, 1.165) is 0 Å². The summed E-state index contributed by atoms with van der Waals surface area (Å²) in [5, 5.41) is 22.2. The van der Waals surface area contributed by atoms with Crippen molar-refractivity contribution in [2.75, 3.05) is 0 Å². The molecule has 4 aromatic carbocycles. The Kier molecular flexibility index (Phi) is 13.3. The van der Waals surface area contributed by atoms with Crippen LogP contribution in [0.1, 0.15) is 0 Å². The van der Waals surface area contributed by atoms with Gasteiger partial charge in [-0.25, -0.2) is 0 Å². The van der Waals surface area contributed by atoms with Crippen LogP contribution in [0.25, 0.3) is 11.1 Å². The van der Waals surface area contributed by atoms with E-state index in [-0.39, 0.29) is 48.6 Å². The van der Waals surface area contributed by atoms with E-state index in [1.54, 1.807) is 36.4 Å². The second-order valence-electron chi connectivity index (χ2n) is 7.77. The van der Waals surface area contributed by atoms with Crippen molar-refractivity contribution in [3.8, 4) is 22.6 Å². The number of rotatable bonds is 3. The Bertz CT molecular complexity index is 968. The molecule has 0 aliphatic carbocycles. The summed E-state index contributed by atoms with van der Waals surface area (Å²) in [4.78, 5) is 0. The van der Waals surface area contributed by atoms with E-state index < -0.39 is 0 Å². The fraction of sp³-hybridized carbons (Fsp3) is 0.143. The van der Waals surface area contributed by atoms with Gasteiger partial charge in [-0.05, 0) is 12.1 Å². The Morgan fingerprint density at radius 2 is 0.697 bits per heavy atom. The van der Waals surface area contributed by atoms with Crippen LogP contribution < -0.4 is 10.4 Å². The first-order chi connectivity index (χ1) is 15.4. The van der Waals surface area contributed by atoms with Crippen LogP contribution >= 0.6 is 0 Å². The zero-order valence-electron chi connectivity index (χ0n) is 20.0. The summed E-state index contributed by atoms with van der Waals surface area (Å²) >= 11 is 0. The quantitative estimate of drug-likeness (QED) is 0.322. The third kappa shape index (κ3) is 9.91. The van der Waals surface area contributed by atoms with E-state index in [2.05, 4.69) is 86.9 Å². The average Bonchev–Trinajstić information content (AvgIpc) is 2.82. The molecule has 4 rings (SSSR count). The zero-order chi connectivity index (χ0) is 23.3. The number of phenols is 2. The summed E-state index contributed by atoms with van der Waals surface area (Å²) in [5.41, 5.74) is 1.29. The molecule has 0 saturated carbocycles. The van der Waals surface area contributed by atoms with Crippen LogP contribution in [-0.4, -0.2) is 27.8 Å². The second-order valence-corrected chi connectivity index (χ2v) is 12.9. The predicted molar refractivity (Wildman–Crippen MR) is 142 cm³/mol. The van der Waals surface area contributed by atoms with Crippen LogP contribution in [0.3, 0.4) is 0 Å². The fourth-order valence-corrected chi connectivity index (χ4v) is 4.66. The molecule has 0 aromatic heterocycles. The minimum absolute atomic E-state index is 0. The number of hydrogen-bond donors (Lipinski definition) is 2. The Morgan fingerprint density at radius 1 is 0.424 bits per heavy atom. The monoisotopic (exact) mass is 520 g/mol. The van der Waals surface area contributed by atoms with Gasteiger partial charge in [0.1, 0.15) is 11.5 Å². The number of hydrogen-bond acceptors (Lipinski definition) is 2. The molecule has 0 spiro atoms. The predicted octanol–water partition coefficient (Wildman–Crippen LogP) is 6.06. The van der Waals surface area contributed by atoms with E-state index in [1.807, 2.05) is 12.1 Å². The van der Waals surface area contributed by atoms with Crippen molar-refractivity contribution in [2.45, 2.75) is 26.2 Å². The molecule has 4 aromatic rings. The van der Waals surface area contributed by atoms with Crippen LogP contribution in [0.4, 0.5) is 0 Å². The van der Waals surface area contributed by atoms with Crippen LogP contribution in [0, 0.1) is 0 Å². The second kappa shape index (κ2) is 15.4. The number of phenolic OH excluding ortho intramolecular Hbond substituents is 2. The molecule has 0 atom stereocenters. The zero-order valence-corrected chi connectivity index (χ0v) is 25.0. The van der Waals surface area contributed by atoms with Crippen molar-refractivity contribution >= 4 is 28.0 Å². The van der Waals surface area contributed by atoms with Crippen LogP contribution in [0.15, 0.2) is 109 Å². The topological polar surface area (TPSA) is 40.5 Å². The van der Waals surface area contributed by atoms with Gasteiger partial charge in [-0.1, -0.05) is 97.1 Å². The first-order valence-corrected chi connectivity index (χ1v) is 15.7. The van der Waals surface area contributed by atoms with Crippen molar-refractivity contribution in [1.29, 1.82) is 0 Å². The molecule has 0 saturated heterocycles. The molecule has 5 heteroatoms. The van der Waals surface area contributed by atoms with Crippen molar-refractivity contribution in [1.82, 2.24) is 0 Å². The van der Waals surface area contributed by atoms with E-state index in [4.69, 9.17) is 0 Å². The Labute approximate surface area is 215 Å². The van der Waals surface area contributed by atoms with Gasteiger partial charge in [0.2, 0.25) is 0 Å². The summed E-state index contributed by atoms with van der Waals surface area (Å²) in [5.74, 6) is 0.350. The van der Waals surface area contributed by atoms with Gasteiger partial charge >= 0.3 is 19.5 Å². The van der Waals surface area contributed by atoms with E-state index >= 15 is 0 Å². The number of para-hydroxylation sites is 2. The summed E-state index contributed by atoms with van der Waals surface area (Å²) in [7, 11) is -0.424. The molecule has 0 heterocycles. The van der Waals surface area contributed by atoms with Crippen molar-refractivity contribution in [3.05, 3.63) is 109 Å². The van der Waals surface area contributed by atoms with Crippen molar-refractivity contribution < 1.29 is 29.7 Å². The van der Waals surface area contributed by atoms with Gasteiger partial charge in [0.05, 0.1) is 0 Å². The molecule has 2 nitrogen and oxygen atoms in total. The van der Waals surface area contributed by atoms with Crippen LogP contribution in [-0.2, 0) is 19.5 Å². The molecule has 0 aliphatic heterocycles. The van der Waals surface area contributed by atoms with Gasteiger partial charge in [0.15, 0.2) is 0 Å². The summed E-state index contributed by atoms with van der Waals surface area (Å²) in [6.07, 6.45) is 0. The first kappa shape index (κ1) is 28.6. The smallest absolute Gasteiger partial charge is 0.507 e. The maximum Gasteiger partial charge on any atom is 2.00 e. The van der Waals surface area contributed by atoms with E-state index in [9.17, 15) is 10.2 Å². The normalized spacial score (nSPS) is 9.21. The van der Waals surface area contributed by atoms with Gasteiger partial charge in [-0.3, -0.25) is 17.6 Å². The van der Waals surface area contributed by atoms with E-state index in [1.165, 1.54) is 10.4 Å². The minimum atomic E-state index is -0.212. The third-order valence-corrected chi connectivity index (χ3v) is 7.78. The average molecular weight is 522 g/mol. The molecular formula is C28H32O2Si2Zn. The van der Waals surface area contributed by atoms with Gasteiger partial charge in [0.25, 0.3) is 0 Å². The first-order valence-electron chi connectivity index (χ1n) is 10.7. The molecule has 2 N–H and O–H groups in total. The number of benzene rings is 4. The van der Waals surface area contributed by atoms with Crippen molar-refractivity contribution in [2.24, 2.45) is 0 Å². The maximum absolute atomic E-state index is 9.58. The van der Waals surface area contributed by atoms with Gasteiger partial charge in [-0.15, -0.1) is 0 Å². The van der Waals surface area contributed by atoms with Gasteiger partial charge in [0, 0.05) is 11.1 Å². The SMILES string of the molecule is C[Si-](C)c1ccccc1.C[Si-](C)c1ccccc1.Oc1ccccc1-c1ccccc1O.[Zn+2]. The maximum atomic E-state index is 9.58. The third-order valence-electron chi connectivity index (χ3n) is 4.80. The molecule has 0 unspecified atom stereocenters. The Balaban J connectivity index is 0.000000254. The standard InChI is InChI=1S/C12H10O2.2C8H11Si.Zn/c13-11-7-3-1-5-9(11)10-6-2-4-8-12(10)14;2*1-9(2)8-6-4-3-5-7-8;/h1-8,13-14H;2*3-7H,1-2H3;/q;2*-1;+2. The molecule has 0 amide bonds. The summed E-state index contributed by atoms with van der Waals surface area (Å²) < 4.78 is 0. The van der Waals surface area contributed by atoms with E-state index in [0.29, 0.717) is 11.1 Å². The Morgan fingerprint density at radius 3 is 0.939 bits per heavy atom. The summed E-state index contributed by atoms with van der Waals surface area (Å²) in [6, 6.07) is 35.2. The van der Waals surface area contributed by atoms with Gasteiger partial charge in [-0.2, -0.15) is 36.6 Å². The van der Waals surface area contributed by atoms with Crippen LogP contribution in [0.5, 0.6) is 11.5 Å².